The van der Waals surface area contributed by atoms with Crippen LogP contribution >= 0.6 is 0 Å². The van der Waals surface area contributed by atoms with Crippen molar-refractivity contribution in [3.63, 3.8) is 0 Å². The van der Waals surface area contributed by atoms with Gasteiger partial charge in [-0.05, 0) is 25.0 Å². The van der Waals surface area contributed by atoms with Gasteiger partial charge in [0, 0.05) is 13.1 Å². The van der Waals surface area contributed by atoms with E-state index in [0.717, 1.165) is 18.5 Å². The van der Waals surface area contributed by atoms with Crippen LogP contribution in [0, 0.1) is 0 Å². The topological polar surface area (TPSA) is 40.5 Å². The third-order valence-electron chi connectivity index (χ3n) is 3.67. The summed E-state index contributed by atoms with van der Waals surface area (Å²) in [5, 5.41) is 9.26. The van der Waals surface area contributed by atoms with Gasteiger partial charge in [-0.2, -0.15) is 0 Å². The molecule has 1 N–H and O–H groups in total. The normalized spacial score (nSPS) is 12.2. The van der Waals surface area contributed by atoms with Crippen molar-refractivity contribution >= 4 is 11.7 Å². The van der Waals surface area contributed by atoms with E-state index in [0.29, 0.717) is 11.6 Å². The maximum Gasteiger partial charge on any atom is 0.337 e. The fourth-order valence-electron chi connectivity index (χ4n) is 2.46. The first-order chi connectivity index (χ1) is 9.11. The summed E-state index contributed by atoms with van der Waals surface area (Å²) in [6, 6.07) is 7.65. The number of hydrogen-bond acceptors (Lipinski definition) is 2. The molecule has 3 heteroatoms. The molecule has 0 aliphatic heterocycles. The highest BCUT2D eigenvalue weighted by Crippen LogP contribution is 2.24. The van der Waals surface area contributed by atoms with E-state index in [4.69, 9.17) is 0 Å². The minimum absolute atomic E-state index is 0.388. The molecule has 0 fully saturated rings. The van der Waals surface area contributed by atoms with Crippen LogP contribution in [0.2, 0.25) is 0 Å². The third kappa shape index (κ3) is 4.27. The van der Waals surface area contributed by atoms with Crippen LogP contribution in [0.4, 0.5) is 5.69 Å². The van der Waals surface area contributed by atoms with Gasteiger partial charge in [0.25, 0.3) is 0 Å². The number of carboxylic acid groups (broad SMARTS) is 1. The van der Waals surface area contributed by atoms with Gasteiger partial charge in [-0.3, -0.25) is 0 Å². The number of carboxylic acids is 1. The van der Waals surface area contributed by atoms with E-state index in [-0.39, 0.29) is 0 Å². The lowest BCUT2D eigenvalue weighted by molar-refractivity contribution is 0.0697. The Morgan fingerprint density at radius 2 is 1.95 bits per heavy atom. The molecule has 1 aromatic rings. The van der Waals surface area contributed by atoms with Gasteiger partial charge in [0.1, 0.15) is 0 Å². The summed E-state index contributed by atoms with van der Waals surface area (Å²) in [4.78, 5) is 13.4. The molecule has 0 aliphatic carbocycles. The first-order valence-corrected chi connectivity index (χ1v) is 7.16. The van der Waals surface area contributed by atoms with Crippen molar-refractivity contribution in [2.45, 2.75) is 52.0 Å². The monoisotopic (exact) mass is 263 g/mol. The zero-order chi connectivity index (χ0) is 14.3. The molecule has 0 aliphatic rings. The second-order valence-electron chi connectivity index (χ2n) is 4.99. The Balaban J connectivity index is 2.84. The Morgan fingerprint density at radius 1 is 1.26 bits per heavy atom. The van der Waals surface area contributed by atoms with E-state index in [1.165, 1.54) is 19.3 Å². The summed E-state index contributed by atoms with van der Waals surface area (Å²) in [6.07, 6.45) is 5.81. The standard InChI is InChI=1S/C16H25NO2/c1-4-6-7-10-13(5-2)17(3)15-12-9-8-11-14(15)16(18)19/h8-9,11-13H,4-7,10H2,1-3H3,(H,18,19). The van der Waals surface area contributed by atoms with Crippen molar-refractivity contribution in [3.8, 4) is 0 Å². The second-order valence-corrected chi connectivity index (χ2v) is 4.99. The largest absolute Gasteiger partial charge is 0.478 e. The average molecular weight is 263 g/mol. The number of carbonyl (C=O) groups is 1. The van der Waals surface area contributed by atoms with E-state index < -0.39 is 5.97 Å². The van der Waals surface area contributed by atoms with E-state index in [9.17, 15) is 9.90 Å². The molecule has 0 radical (unpaired) electrons. The fourth-order valence-corrected chi connectivity index (χ4v) is 2.46. The molecule has 1 unspecified atom stereocenters. The van der Waals surface area contributed by atoms with Crippen LogP contribution in [0.1, 0.15) is 56.3 Å². The van der Waals surface area contributed by atoms with Gasteiger partial charge in [-0.15, -0.1) is 0 Å². The van der Waals surface area contributed by atoms with E-state index in [1.54, 1.807) is 12.1 Å². The number of para-hydroxylation sites is 1. The van der Waals surface area contributed by atoms with Crippen molar-refractivity contribution in [1.29, 1.82) is 0 Å². The number of benzene rings is 1. The molecule has 0 amide bonds. The molecule has 0 spiro atoms. The van der Waals surface area contributed by atoms with Crippen molar-refractivity contribution in [3.05, 3.63) is 29.8 Å². The van der Waals surface area contributed by atoms with Crippen LogP contribution in [0.15, 0.2) is 24.3 Å². The SMILES string of the molecule is CCCCCC(CC)N(C)c1ccccc1C(=O)O. The molecule has 0 saturated carbocycles. The van der Waals surface area contributed by atoms with Crippen molar-refractivity contribution in [1.82, 2.24) is 0 Å². The Bertz CT molecular complexity index is 403. The Hall–Kier alpha value is -1.51. The Kier molecular flexibility index (Phi) is 6.40. The van der Waals surface area contributed by atoms with E-state index >= 15 is 0 Å². The van der Waals surface area contributed by atoms with E-state index in [2.05, 4.69) is 18.7 Å². The highest BCUT2D eigenvalue weighted by Gasteiger charge is 2.18. The van der Waals surface area contributed by atoms with Gasteiger partial charge < -0.3 is 10.0 Å². The van der Waals surface area contributed by atoms with Gasteiger partial charge >= 0.3 is 5.97 Å². The lowest BCUT2D eigenvalue weighted by atomic mass is 10.0. The van der Waals surface area contributed by atoms with Crippen LogP contribution in [-0.4, -0.2) is 24.2 Å². The molecule has 0 bridgehead atoms. The van der Waals surface area contributed by atoms with Crippen LogP contribution in [0.5, 0.6) is 0 Å². The first-order valence-electron chi connectivity index (χ1n) is 7.16. The molecule has 0 heterocycles. The van der Waals surface area contributed by atoms with Gasteiger partial charge in [0.15, 0.2) is 0 Å². The first kappa shape index (κ1) is 15.5. The number of anilines is 1. The summed E-state index contributed by atoms with van der Waals surface area (Å²) >= 11 is 0. The molecule has 0 aromatic heterocycles. The van der Waals surface area contributed by atoms with Gasteiger partial charge in [-0.25, -0.2) is 4.79 Å². The Labute approximate surface area is 116 Å². The zero-order valence-electron chi connectivity index (χ0n) is 12.2. The molecule has 0 saturated heterocycles. The highest BCUT2D eigenvalue weighted by atomic mass is 16.4. The van der Waals surface area contributed by atoms with E-state index in [1.807, 2.05) is 19.2 Å². The molecule has 1 aromatic carbocycles. The quantitative estimate of drug-likeness (QED) is 0.715. The van der Waals surface area contributed by atoms with Crippen molar-refractivity contribution < 1.29 is 9.90 Å². The number of aromatic carboxylic acids is 1. The number of rotatable bonds is 8. The Morgan fingerprint density at radius 3 is 2.53 bits per heavy atom. The molecule has 106 valence electrons. The summed E-state index contributed by atoms with van der Waals surface area (Å²) in [7, 11) is 2.00. The summed E-state index contributed by atoms with van der Waals surface area (Å²) < 4.78 is 0. The summed E-state index contributed by atoms with van der Waals surface area (Å²) in [5.74, 6) is -0.856. The average Bonchev–Trinajstić information content (AvgIpc) is 2.43. The van der Waals surface area contributed by atoms with Crippen molar-refractivity contribution in [2.24, 2.45) is 0 Å². The lowest BCUT2D eigenvalue weighted by Crippen LogP contribution is -2.32. The van der Waals surface area contributed by atoms with Crippen molar-refractivity contribution in [2.75, 3.05) is 11.9 Å². The maximum atomic E-state index is 11.3. The van der Waals surface area contributed by atoms with Crippen LogP contribution < -0.4 is 4.90 Å². The molecular weight excluding hydrogens is 238 g/mol. The lowest BCUT2D eigenvalue weighted by Gasteiger charge is -2.30. The smallest absolute Gasteiger partial charge is 0.337 e. The molecule has 1 atom stereocenters. The number of hydrogen-bond donors (Lipinski definition) is 1. The van der Waals surface area contributed by atoms with Crippen LogP contribution in [-0.2, 0) is 0 Å². The van der Waals surface area contributed by atoms with Crippen LogP contribution in [0.25, 0.3) is 0 Å². The molecule has 1 rings (SSSR count). The van der Waals surface area contributed by atoms with Gasteiger partial charge in [0.05, 0.1) is 11.3 Å². The molecule has 19 heavy (non-hydrogen) atoms. The second kappa shape index (κ2) is 7.82. The van der Waals surface area contributed by atoms with Crippen LogP contribution in [0.3, 0.4) is 0 Å². The predicted molar refractivity (Wildman–Crippen MR) is 80.0 cm³/mol. The summed E-state index contributed by atoms with van der Waals surface area (Å²) in [6.45, 7) is 4.36. The van der Waals surface area contributed by atoms with Gasteiger partial charge in [0.2, 0.25) is 0 Å². The maximum absolute atomic E-state index is 11.3. The van der Waals surface area contributed by atoms with Gasteiger partial charge in [-0.1, -0.05) is 45.2 Å². The minimum atomic E-state index is -0.856. The zero-order valence-corrected chi connectivity index (χ0v) is 12.2. The minimum Gasteiger partial charge on any atom is -0.478 e. The third-order valence-corrected chi connectivity index (χ3v) is 3.67. The highest BCUT2D eigenvalue weighted by molar-refractivity contribution is 5.94. The summed E-state index contributed by atoms with van der Waals surface area (Å²) in [5.41, 5.74) is 1.21. The molecular formula is C16H25NO2. The number of unbranched alkanes of at least 4 members (excludes halogenated alkanes) is 2. The number of nitrogens with zero attached hydrogens (tertiary/aromatic N) is 1. The molecule has 3 nitrogen and oxygen atoms in total. The fraction of sp³-hybridized carbons (Fsp3) is 0.562. The predicted octanol–water partition coefficient (Wildman–Crippen LogP) is 4.18.